The summed E-state index contributed by atoms with van der Waals surface area (Å²) in [7, 11) is 1.64. The van der Waals surface area contributed by atoms with Crippen molar-refractivity contribution in [3.63, 3.8) is 0 Å². The number of Topliss-reactive ketones (excluding diaryl/α,β-unsaturated/α-hetero) is 1. The molecule has 0 aliphatic carbocycles. The van der Waals surface area contributed by atoms with Gasteiger partial charge in [0.15, 0.2) is 0 Å². The molecule has 4 heteroatoms. The van der Waals surface area contributed by atoms with E-state index >= 15 is 0 Å². The van der Waals surface area contributed by atoms with E-state index in [2.05, 4.69) is 6.07 Å². The van der Waals surface area contributed by atoms with Crippen molar-refractivity contribution in [3.05, 3.63) is 0 Å². The second-order valence-electron chi connectivity index (χ2n) is 3.95. The van der Waals surface area contributed by atoms with Gasteiger partial charge in [-0.15, -0.1) is 0 Å². The zero-order valence-electron chi connectivity index (χ0n) is 10.5. The van der Waals surface area contributed by atoms with Gasteiger partial charge in [0.25, 0.3) is 0 Å². The number of nitriles is 1. The van der Waals surface area contributed by atoms with Gasteiger partial charge in [-0.3, -0.25) is 9.69 Å². The highest BCUT2D eigenvalue weighted by Gasteiger charge is 2.15. The van der Waals surface area contributed by atoms with Gasteiger partial charge < -0.3 is 4.74 Å². The highest BCUT2D eigenvalue weighted by Crippen LogP contribution is 2.04. The molecule has 92 valence electrons. The number of ketones is 1. The summed E-state index contributed by atoms with van der Waals surface area (Å²) >= 11 is 0. The maximum atomic E-state index is 11.7. The van der Waals surface area contributed by atoms with Crippen molar-refractivity contribution in [1.29, 1.82) is 5.26 Å². The molecule has 1 atom stereocenters. The molecular formula is C12H22N2O2. The van der Waals surface area contributed by atoms with Crippen LogP contribution >= 0.6 is 0 Å². The molecule has 0 aromatic rings. The standard InChI is InChI=1S/C12H22N2O2/c1-4-11(2)12(15)10-14(7-5-6-13)8-9-16-3/h11H,4-5,7-10H2,1-3H3. The zero-order valence-corrected chi connectivity index (χ0v) is 10.5. The molecule has 0 aliphatic heterocycles. The van der Waals surface area contributed by atoms with E-state index in [1.54, 1.807) is 7.11 Å². The Hall–Kier alpha value is -0.920. The summed E-state index contributed by atoms with van der Waals surface area (Å²) in [6, 6.07) is 2.10. The van der Waals surface area contributed by atoms with Gasteiger partial charge in [-0.25, -0.2) is 0 Å². The van der Waals surface area contributed by atoms with Gasteiger partial charge in [-0.2, -0.15) is 5.26 Å². The monoisotopic (exact) mass is 226 g/mol. The molecule has 0 saturated heterocycles. The quantitative estimate of drug-likeness (QED) is 0.597. The zero-order chi connectivity index (χ0) is 12.4. The Kier molecular flexibility index (Phi) is 8.78. The van der Waals surface area contributed by atoms with Crippen LogP contribution in [0, 0.1) is 17.2 Å². The maximum absolute atomic E-state index is 11.7. The Morgan fingerprint density at radius 3 is 2.69 bits per heavy atom. The second-order valence-corrected chi connectivity index (χ2v) is 3.95. The van der Waals surface area contributed by atoms with E-state index in [1.807, 2.05) is 18.7 Å². The lowest BCUT2D eigenvalue weighted by molar-refractivity contribution is -0.123. The van der Waals surface area contributed by atoms with Crippen molar-refractivity contribution < 1.29 is 9.53 Å². The molecule has 0 spiro atoms. The Balaban J connectivity index is 4.08. The van der Waals surface area contributed by atoms with Crippen molar-refractivity contribution in [2.24, 2.45) is 5.92 Å². The first-order valence-corrected chi connectivity index (χ1v) is 5.76. The number of carbonyl (C=O) groups is 1. The van der Waals surface area contributed by atoms with E-state index in [0.717, 1.165) is 6.42 Å². The molecule has 0 rings (SSSR count). The van der Waals surface area contributed by atoms with Crippen LogP contribution in [-0.2, 0) is 9.53 Å². The molecular weight excluding hydrogens is 204 g/mol. The minimum absolute atomic E-state index is 0.104. The molecule has 1 unspecified atom stereocenters. The number of hydrogen-bond acceptors (Lipinski definition) is 4. The van der Waals surface area contributed by atoms with Gasteiger partial charge in [0.2, 0.25) is 0 Å². The van der Waals surface area contributed by atoms with Gasteiger partial charge in [0, 0.05) is 32.5 Å². The normalized spacial score (nSPS) is 12.4. The summed E-state index contributed by atoms with van der Waals surface area (Å²) in [5.41, 5.74) is 0. The first kappa shape index (κ1) is 15.1. The van der Waals surface area contributed by atoms with Crippen LogP contribution in [0.3, 0.4) is 0 Å². The summed E-state index contributed by atoms with van der Waals surface area (Å²) in [5, 5.41) is 8.54. The molecule has 0 N–H and O–H groups in total. The molecule has 0 saturated carbocycles. The third kappa shape index (κ3) is 6.54. The third-order valence-electron chi connectivity index (χ3n) is 2.69. The summed E-state index contributed by atoms with van der Waals surface area (Å²) in [6.07, 6.45) is 1.33. The lowest BCUT2D eigenvalue weighted by Gasteiger charge is -2.21. The Bertz CT molecular complexity index is 236. The number of ether oxygens (including phenoxy) is 1. The summed E-state index contributed by atoms with van der Waals surface area (Å²) in [6.45, 7) is 6.33. The first-order valence-electron chi connectivity index (χ1n) is 5.76. The number of rotatable bonds is 9. The van der Waals surface area contributed by atoms with Crippen LogP contribution < -0.4 is 0 Å². The van der Waals surface area contributed by atoms with Gasteiger partial charge in [0.05, 0.1) is 19.2 Å². The first-order chi connectivity index (χ1) is 7.65. The fourth-order valence-electron chi connectivity index (χ4n) is 1.30. The van der Waals surface area contributed by atoms with Crippen LogP contribution in [0.4, 0.5) is 0 Å². The Morgan fingerprint density at radius 2 is 2.19 bits per heavy atom. The van der Waals surface area contributed by atoms with Gasteiger partial charge in [0.1, 0.15) is 5.78 Å². The van der Waals surface area contributed by atoms with Crippen LogP contribution in [0.15, 0.2) is 0 Å². The largest absolute Gasteiger partial charge is 0.383 e. The molecule has 4 nitrogen and oxygen atoms in total. The number of hydrogen-bond donors (Lipinski definition) is 0. The molecule has 0 aromatic heterocycles. The molecule has 0 fully saturated rings. The number of nitrogens with zero attached hydrogens (tertiary/aromatic N) is 2. The molecule has 0 bridgehead atoms. The van der Waals surface area contributed by atoms with E-state index < -0.39 is 0 Å². The topological polar surface area (TPSA) is 53.3 Å². The van der Waals surface area contributed by atoms with Crippen molar-refractivity contribution in [3.8, 4) is 6.07 Å². The van der Waals surface area contributed by atoms with Crippen LogP contribution in [-0.4, -0.2) is 44.0 Å². The van der Waals surface area contributed by atoms with Crippen molar-refractivity contribution in [1.82, 2.24) is 4.90 Å². The van der Waals surface area contributed by atoms with Crippen molar-refractivity contribution in [2.75, 3.05) is 33.4 Å². The minimum atomic E-state index is 0.104. The predicted molar refractivity (Wildman–Crippen MR) is 63.0 cm³/mol. The molecule has 0 aromatic carbocycles. The summed E-state index contributed by atoms with van der Waals surface area (Å²) in [5.74, 6) is 0.351. The molecule has 0 amide bonds. The highest BCUT2D eigenvalue weighted by molar-refractivity contribution is 5.82. The fourth-order valence-corrected chi connectivity index (χ4v) is 1.30. The van der Waals surface area contributed by atoms with Crippen LogP contribution in [0.25, 0.3) is 0 Å². The van der Waals surface area contributed by atoms with E-state index in [-0.39, 0.29) is 11.7 Å². The lowest BCUT2D eigenvalue weighted by Crippen LogP contribution is -2.35. The van der Waals surface area contributed by atoms with Crippen LogP contribution in [0.1, 0.15) is 26.7 Å². The third-order valence-corrected chi connectivity index (χ3v) is 2.69. The smallest absolute Gasteiger partial charge is 0.149 e. The second kappa shape index (κ2) is 9.32. The Labute approximate surface area is 98.2 Å². The molecule has 0 heterocycles. The van der Waals surface area contributed by atoms with E-state index in [4.69, 9.17) is 10.00 Å². The van der Waals surface area contributed by atoms with Gasteiger partial charge in [-0.1, -0.05) is 13.8 Å². The molecule has 0 radical (unpaired) electrons. The van der Waals surface area contributed by atoms with Crippen LogP contribution in [0.5, 0.6) is 0 Å². The number of carbonyl (C=O) groups excluding carboxylic acids is 1. The highest BCUT2D eigenvalue weighted by atomic mass is 16.5. The average molecular weight is 226 g/mol. The summed E-state index contributed by atoms with van der Waals surface area (Å²) in [4.78, 5) is 13.7. The number of methoxy groups -OCH3 is 1. The van der Waals surface area contributed by atoms with E-state index in [9.17, 15) is 4.79 Å². The van der Waals surface area contributed by atoms with Gasteiger partial charge in [-0.05, 0) is 6.42 Å². The average Bonchev–Trinajstić information content (AvgIpc) is 2.31. The molecule has 16 heavy (non-hydrogen) atoms. The predicted octanol–water partition coefficient (Wildman–Crippen LogP) is 1.46. The Morgan fingerprint density at radius 1 is 1.50 bits per heavy atom. The van der Waals surface area contributed by atoms with Crippen molar-refractivity contribution in [2.45, 2.75) is 26.7 Å². The maximum Gasteiger partial charge on any atom is 0.149 e. The van der Waals surface area contributed by atoms with E-state index in [0.29, 0.717) is 32.7 Å². The lowest BCUT2D eigenvalue weighted by atomic mass is 10.0. The van der Waals surface area contributed by atoms with Crippen LogP contribution in [0.2, 0.25) is 0 Å². The summed E-state index contributed by atoms with van der Waals surface area (Å²) < 4.78 is 4.98. The van der Waals surface area contributed by atoms with E-state index in [1.165, 1.54) is 0 Å². The van der Waals surface area contributed by atoms with Gasteiger partial charge >= 0.3 is 0 Å². The minimum Gasteiger partial charge on any atom is -0.383 e. The van der Waals surface area contributed by atoms with Crippen molar-refractivity contribution >= 4 is 5.78 Å². The fraction of sp³-hybridized carbons (Fsp3) is 0.833. The SMILES string of the molecule is CCC(C)C(=O)CN(CCC#N)CCOC. The molecule has 0 aliphatic rings.